The molecule has 2 N–H and O–H groups in total. The fraction of sp³-hybridized carbons (Fsp3) is 0.231. The number of hydrogen-bond acceptors (Lipinski definition) is 3. The van der Waals surface area contributed by atoms with Crippen molar-refractivity contribution in [2.24, 2.45) is 0 Å². The van der Waals surface area contributed by atoms with Crippen LogP contribution in [0.5, 0.6) is 5.75 Å². The first kappa shape index (κ1) is 13.8. The van der Waals surface area contributed by atoms with Crippen LogP contribution in [0.15, 0.2) is 30.3 Å². The largest absolute Gasteiger partial charge is 0.497 e. The molecule has 5 heteroatoms. The highest BCUT2D eigenvalue weighted by Crippen LogP contribution is 2.12. The monoisotopic (exact) mass is 249 g/mol. The number of aliphatic carboxylic acids is 1. The van der Waals surface area contributed by atoms with Crippen molar-refractivity contribution in [3.05, 3.63) is 35.9 Å². The first-order valence-electron chi connectivity index (χ1n) is 5.38. The van der Waals surface area contributed by atoms with Crippen LogP contribution in [0.3, 0.4) is 0 Å². The van der Waals surface area contributed by atoms with Gasteiger partial charge >= 0.3 is 5.97 Å². The van der Waals surface area contributed by atoms with E-state index >= 15 is 0 Å². The molecule has 0 aromatic heterocycles. The average molecular weight is 249 g/mol. The van der Waals surface area contributed by atoms with Gasteiger partial charge in [0.15, 0.2) is 0 Å². The minimum absolute atomic E-state index is 0.444. The van der Waals surface area contributed by atoms with Crippen LogP contribution in [0, 0.1) is 0 Å². The molecule has 1 rings (SSSR count). The second-order valence-corrected chi connectivity index (χ2v) is 3.68. The van der Waals surface area contributed by atoms with Crippen LogP contribution in [0.2, 0.25) is 0 Å². The summed E-state index contributed by atoms with van der Waals surface area (Å²) in [6.07, 6.45) is 2.89. The van der Waals surface area contributed by atoms with Crippen LogP contribution >= 0.6 is 0 Å². The van der Waals surface area contributed by atoms with Gasteiger partial charge in [0.2, 0.25) is 5.91 Å². The van der Waals surface area contributed by atoms with Crippen molar-refractivity contribution < 1.29 is 19.4 Å². The molecular formula is C13H15NO4. The van der Waals surface area contributed by atoms with Crippen molar-refractivity contribution in [2.75, 3.05) is 7.11 Å². The molecule has 0 radical (unpaired) electrons. The molecule has 0 heterocycles. The Morgan fingerprint density at radius 1 is 1.33 bits per heavy atom. The van der Waals surface area contributed by atoms with Crippen LogP contribution in [-0.4, -0.2) is 30.1 Å². The van der Waals surface area contributed by atoms with Gasteiger partial charge in [0.25, 0.3) is 0 Å². The second-order valence-electron chi connectivity index (χ2n) is 3.68. The molecule has 1 atom stereocenters. The zero-order chi connectivity index (χ0) is 13.5. The summed E-state index contributed by atoms with van der Waals surface area (Å²) >= 11 is 0. The highest BCUT2D eigenvalue weighted by molar-refractivity contribution is 5.94. The minimum Gasteiger partial charge on any atom is -0.497 e. The van der Waals surface area contributed by atoms with Gasteiger partial charge in [-0.05, 0) is 30.7 Å². The number of ether oxygens (including phenoxy) is 1. The predicted octanol–water partition coefficient (Wildman–Crippen LogP) is 1.30. The third-order valence-electron chi connectivity index (χ3n) is 2.27. The standard InChI is InChI=1S/C13H15NO4/c1-9(13(16)17)14-12(15)8-5-10-3-6-11(18-2)7-4-10/h3-9H,1-2H3,(H,14,15)(H,16,17). The smallest absolute Gasteiger partial charge is 0.325 e. The summed E-state index contributed by atoms with van der Waals surface area (Å²) in [7, 11) is 1.57. The van der Waals surface area contributed by atoms with E-state index < -0.39 is 17.9 Å². The van der Waals surface area contributed by atoms with Crippen molar-refractivity contribution >= 4 is 18.0 Å². The molecule has 18 heavy (non-hydrogen) atoms. The molecule has 5 nitrogen and oxygen atoms in total. The van der Waals surface area contributed by atoms with E-state index in [2.05, 4.69) is 5.32 Å². The Bertz CT molecular complexity index is 451. The number of carbonyl (C=O) groups is 2. The van der Waals surface area contributed by atoms with Gasteiger partial charge in [0, 0.05) is 6.08 Å². The Hall–Kier alpha value is -2.30. The molecular weight excluding hydrogens is 234 g/mol. The molecule has 1 amide bonds. The van der Waals surface area contributed by atoms with Crippen LogP contribution < -0.4 is 10.1 Å². The van der Waals surface area contributed by atoms with Gasteiger partial charge in [-0.15, -0.1) is 0 Å². The lowest BCUT2D eigenvalue weighted by Gasteiger charge is -2.05. The summed E-state index contributed by atoms with van der Waals surface area (Å²) in [6, 6.07) is 6.24. The highest BCUT2D eigenvalue weighted by Gasteiger charge is 2.11. The second kappa shape index (κ2) is 6.44. The molecule has 0 bridgehead atoms. The third-order valence-corrected chi connectivity index (χ3v) is 2.27. The SMILES string of the molecule is COc1ccc(C=CC(=O)NC(C)C(=O)O)cc1. The van der Waals surface area contributed by atoms with E-state index in [4.69, 9.17) is 9.84 Å². The zero-order valence-corrected chi connectivity index (χ0v) is 10.2. The Morgan fingerprint density at radius 2 is 1.94 bits per heavy atom. The maximum Gasteiger partial charge on any atom is 0.325 e. The summed E-state index contributed by atoms with van der Waals surface area (Å²) in [5, 5.41) is 10.9. The quantitative estimate of drug-likeness (QED) is 0.771. The van der Waals surface area contributed by atoms with Crippen LogP contribution in [0.25, 0.3) is 6.08 Å². The normalized spacial score (nSPS) is 12.1. The molecule has 0 fully saturated rings. The van der Waals surface area contributed by atoms with Gasteiger partial charge in [-0.1, -0.05) is 12.1 Å². The number of methoxy groups -OCH3 is 1. The Balaban J connectivity index is 2.57. The Labute approximate surface area is 105 Å². The average Bonchev–Trinajstić information content (AvgIpc) is 2.36. The van der Waals surface area contributed by atoms with Gasteiger partial charge in [-0.3, -0.25) is 9.59 Å². The lowest BCUT2D eigenvalue weighted by atomic mass is 10.2. The van der Waals surface area contributed by atoms with E-state index in [-0.39, 0.29) is 0 Å². The van der Waals surface area contributed by atoms with Gasteiger partial charge in [-0.2, -0.15) is 0 Å². The molecule has 1 aromatic rings. The molecule has 0 aliphatic carbocycles. The fourth-order valence-electron chi connectivity index (χ4n) is 1.21. The predicted molar refractivity (Wildman–Crippen MR) is 67.3 cm³/mol. The van der Waals surface area contributed by atoms with Crippen molar-refractivity contribution in [3.8, 4) is 5.75 Å². The van der Waals surface area contributed by atoms with E-state index in [1.165, 1.54) is 13.0 Å². The first-order valence-corrected chi connectivity index (χ1v) is 5.38. The fourth-order valence-corrected chi connectivity index (χ4v) is 1.21. The van der Waals surface area contributed by atoms with Gasteiger partial charge in [0.1, 0.15) is 11.8 Å². The number of carboxylic acid groups (broad SMARTS) is 1. The lowest BCUT2D eigenvalue weighted by molar-refractivity contribution is -0.140. The zero-order valence-electron chi connectivity index (χ0n) is 10.2. The summed E-state index contributed by atoms with van der Waals surface area (Å²) < 4.78 is 5.01. The molecule has 0 saturated carbocycles. The van der Waals surface area contributed by atoms with Gasteiger partial charge < -0.3 is 15.2 Å². The van der Waals surface area contributed by atoms with E-state index in [0.29, 0.717) is 0 Å². The number of rotatable bonds is 5. The van der Waals surface area contributed by atoms with Crippen molar-refractivity contribution in [3.63, 3.8) is 0 Å². The molecule has 0 aliphatic heterocycles. The number of hydrogen-bond donors (Lipinski definition) is 2. The number of nitrogens with one attached hydrogen (secondary N) is 1. The molecule has 1 unspecified atom stereocenters. The van der Waals surface area contributed by atoms with Crippen LogP contribution in [0.4, 0.5) is 0 Å². The summed E-state index contributed by atoms with van der Waals surface area (Å²) in [6.45, 7) is 1.40. The molecule has 0 aliphatic rings. The first-order chi connectivity index (χ1) is 8.52. The lowest BCUT2D eigenvalue weighted by Crippen LogP contribution is -2.37. The molecule has 1 aromatic carbocycles. The Kier molecular flexibility index (Phi) is 4.92. The van der Waals surface area contributed by atoms with E-state index in [0.717, 1.165) is 11.3 Å². The topological polar surface area (TPSA) is 75.6 Å². The summed E-state index contributed by atoms with van der Waals surface area (Å²) in [4.78, 5) is 21.9. The van der Waals surface area contributed by atoms with Crippen LogP contribution in [-0.2, 0) is 9.59 Å². The maximum atomic E-state index is 11.4. The van der Waals surface area contributed by atoms with Gasteiger partial charge in [0.05, 0.1) is 7.11 Å². The number of carboxylic acids is 1. The van der Waals surface area contributed by atoms with Crippen molar-refractivity contribution in [2.45, 2.75) is 13.0 Å². The molecule has 0 saturated heterocycles. The third kappa shape index (κ3) is 4.29. The summed E-state index contributed by atoms with van der Waals surface area (Å²) in [5.74, 6) is -0.780. The van der Waals surface area contributed by atoms with Crippen molar-refractivity contribution in [1.82, 2.24) is 5.32 Å². The van der Waals surface area contributed by atoms with Crippen LogP contribution in [0.1, 0.15) is 12.5 Å². The number of amides is 1. The van der Waals surface area contributed by atoms with E-state index in [9.17, 15) is 9.59 Å². The maximum absolute atomic E-state index is 11.4. The Morgan fingerprint density at radius 3 is 2.44 bits per heavy atom. The number of benzene rings is 1. The minimum atomic E-state index is -1.07. The number of carbonyl (C=O) groups excluding carboxylic acids is 1. The highest BCUT2D eigenvalue weighted by atomic mass is 16.5. The van der Waals surface area contributed by atoms with E-state index in [1.807, 2.05) is 0 Å². The van der Waals surface area contributed by atoms with Crippen molar-refractivity contribution in [1.29, 1.82) is 0 Å². The molecule has 96 valence electrons. The van der Waals surface area contributed by atoms with Gasteiger partial charge in [-0.25, -0.2) is 0 Å². The van der Waals surface area contributed by atoms with E-state index in [1.54, 1.807) is 37.5 Å². The summed E-state index contributed by atoms with van der Waals surface area (Å²) in [5.41, 5.74) is 0.828. The molecule has 0 spiro atoms.